The summed E-state index contributed by atoms with van der Waals surface area (Å²) >= 11 is 0. The maximum atomic E-state index is 14.8. The third kappa shape index (κ3) is 21.9. The Morgan fingerprint density at radius 2 is 0.911 bits per heavy atom. The van der Waals surface area contributed by atoms with Gasteiger partial charge in [0.25, 0.3) is 0 Å². The normalized spacial score (nSPS) is 19.3. The number of terminal acetylenes is 1. The van der Waals surface area contributed by atoms with Crippen LogP contribution in [0.2, 0.25) is 0 Å². The summed E-state index contributed by atoms with van der Waals surface area (Å²) in [5.41, 5.74) is -7.61. The van der Waals surface area contributed by atoms with Crippen molar-refractivity contribution in [1.29, 1.82) is 0 Å². The number of hydrogen-bond donors (Lipinski definition) is 1. The van der Waals surface area contributed by atoms with Crippen LogP contribution >= 0.6 is 0 Å². The third-order valence-corrected chi connectivity index (χ3v) is 23.3. The standard InChI is InChI=1S/C24H28FNO3.C24H26FNO3.C16H13F4NO6S.C15H14FNO4.C13H21NO2/c2*1-3-29-24(28)20-14-26(17-9-10-17)22-18(21(25)12-11-19(22)23(20)27)6-4-5-16-8-7-15(2)13-16;1-2-26-15(23)10-7-21(8-3-4-8)12-9(13(10)22)5-6-11(17)14(12)27-28(24,25)16(18,19)20;1-2-21-15(20)10-7-17(8-3-4-8)12-9(13(10)18)5-6-11(16)14(12)19;1-6-7-11-8-10(2)9-14(11)12(15)16-13(3,4)5/h4,6,11-12,14-17H,3,5,7-10,13H2,1-2H3;11-12,14-17H,3,5,7-10,13H2,1-2H3;5-8H,2-4H2,1H3;5-8,19H,2-4H2,1H3;1,10-11H,7-9H2,2-5H3/b6-4-;;;;/t2*15-,16+;;;10-,11+/m11..0/s1. The molecule has 1 aliphatic heterocycles. The topological polar surface area (TPSA) is 286 Å². The number of alkyl halides is 3. The van der Waals surface area contributed by atoms with Crippen molar-refractivity contribution in [1.82, 2.24) is 23.2 Å². The maximum Gasteiger partial charge on any atom is 0.534 e. The minimum absolute atomic E-state index is 0.00305. The van der Waals surface area contributed by atoms with E-state index in [0.717, 1.165) is 94.5 Å². The van der Waals surface area contributed by atoms with Gasteiger partial charge in [0, 0.05) is 90.7 Å². The predicted octanol–water partition coefficient (Wildman–Crippen LogP) is 18.2. The summed E-state index contributed by atoms with van der Waals surface area (Å²) in [5.74, 6) is 4.33. The van der Waals surface area contributed by atoms with Crippen molar-refractivity contribution in [2.24, 2.45) is 29.6 Å². The van der Waals surface area contributed by atoms with E-state index in [0.29, 0.717) is 70.5 Å². The number of aromatic hydroxyl groups is 1. The molecule has 23 nitrogen and oxygen atoms in total. The molecule has 4 aromatic carbocycles. The fourth-order valence-corrected chi connectivity index (χ4v) is 16.4. The summed E-state index contributed by atoms with van der Waals surface area (Å²) in [4.78, 5) is 113. The average molecular weight is 1730 g/mol. The summed E-state index contributed by atoms with van der Waals surface area (Å²) in [6.45, 7) is 20.2. The van der Waals surface area contributed by atoms with Gasteiger partial charge < -0.3 is 56.1 Å². The van der Waals surface area contributed by atoms with Crippen molar-refractivity contribution in [3.63, 3.8) is 0 Å². The molecule has 6 atom stereocenters. The summed E-state index contributed by atoms with van der Waals surface area (Å²) in [5, 5.41) is 10.4. The first-order valence-electron chi connectivity index (χ1n) is 41.8. The van der Waals surface area contributed by atoms with Gasteiger partial charge in [-0.05, 0) is 216 Å². The van der Waals surface area contributed by atoms with Crippen molar-refractivity contribution in [2.45, 2.75) is 226 Å². The van der Waals surface area contributed by atoms with Crippen LogP contribution in [0.15, 0.2) is 98.6 Å². The lowest BCUT2D eigenvalue weighted by Crippen LogP contribution is -2.39. The fourth-order valence-electron chi connectivity index (χ4n) is 15.9. The monoisotopic (exact) mass is 1730 g/mol. The molecule has 0 unspecified atom stereocenters. The van der Waals surface area contributed by atoms with Crippen LogP contribution in [0, 0.1) is 77.0 Å². The molecule has 0 bridgehead atoms. The highest BCUT2D eigenvalue weighted by molar-refractivity contribution is 7.88. The molecule has 0 spiro atoms. The van der Waals surface area contributed by atoms with Crippen LogP contribution in [0.4, 0.5) is 35.5 Å². The largest absolute Gasteiger partial charge is 0.534 e. The second-order valence-corrected chi connectivity index (χ2v) is 34.9. The third-order valence-electron chi connectivity index (χ3n) is 22.3. The summed E-state index contributed by atoms with van der Waals surface area (Å²) in [7, 11) is -6.18. The van der Waals surface area contributed by atoms with E-state index in [2.05, 4.69) is 42.7 Å². The van der Waals surface area contributed by atoms with Gasteiger partial charge in [0.1, 0.15) is 39.5 Å². The number of pyridine rings is 4. The number of fused-ring (bicyclic) bond motifs is 4. The van der Waals surface area contributed by atoms with Crippen LogP contribution in [-0.4, -0.2) is 117 Å². The molecule has 1 N–H and O–H groups in total. The molecular formula is C92H102F7N5O18S. The van der Waals surface area contributed by atoms with Crippen molar-refractivity contribution in [2.75, 3.05) is 33.0 Å². The molecule has 5 heterocycles. The van der Waals surface area contributed by atoms with Crippen LogP contribution in [0.1, 0.15) is 262 Å². The molecule has 8 aromatic rings. The van der Waals surface area contributed by atoms with Gasteiger partial charge in [-0.25, -0.2) is 41.5 Å². The van der Waals surface area contributed by atoms with E-state index in [1.807, 2.05) is 42.1 Å². The molecule has 0 radical (unpaired) electrons. The minimum atomic E-state index is -6.18. The lowest BCUT2D eigenvalue weighted by Gasteiger charge is -2.27. The van der Waals surface area contributed by atoms with E-state index in [1.54, 1.807) is 36.4 Å². The first kappa shape index (κ1) is 92.5. The number of halogens is 7. The SMILES string of the molecule is C#CC[C@@H]1C[C@H](C)CN1C(=O)OC(C)(C)C.CCOC(=O)c1cn(C2CC2)c2c(/C=C\C[C@H]3CC[C@@H](C)C3)c(F)ccc2c1=O.CCOC(=O)c1cn(C2CC2)c2c(C#CC[C@H]3CC[C@@H](C)C3)c(F)ccc2c1=O.CCOC(=O)c1cn(C2CC2)c2c(O)c(F)ccc2c1=O.CCOC(=O)c1cn(C2CC2)c2c(OS(=O)(=O)C(F)(F)F)c(F)ccc2c1=O. The Morgan fingerprint density at radius 3 is 1.33 bits per heavy atom. The molecule has 1 amide bonds. The van der Waals surface area contributed by atoms with Crippen LogP contribution in [0.3, 0.4) is 0 Å². The average Bonchev–Trinajstić information content (AvgIpc) is 1.73. The first-order valence-corrected chi connectivity index (χ1v) is 43.2. The number of likely N-dealkylation sites (tertiary alicyclic amines) is 1. The van der Waals surface area contributed by atoms with Crippen molar-refractivity contribution >= 4 is 89.8 Å². The molecular weight excluding hydrogens is 1630 g/mol. The lowest BCUT2D eigenvalue weighted by molar-refractivity contribution is -0.0500. The maximum absolute atomic E-state index is 14.8. The number of nitrogens with zero attached hydrogens (tertiary/aromatic N) is 5. The van der Waals surface area contributed by atoms with Gasteiger partial charge in [-0.1, -0.05) is 57.6 Å². The molecule has 7 fully saturated rings. The number of ether oxygens (including phenoxy) is 5. The van der Waals surface area contributed by atoms with Gasteiger partial charge in [0.2, 0.25) is 27.5 Å². The summed E-state index contributed by atoms with van der Waals surface area (Å²) in [6, 6.07) is 9.59. The summed E-state index contributed by atoms with van der Waals surface area (Å²) < 4.78 is 154. The van der Waals surface area contributed by atoms with Gasteiger partial charge in [0.05, 0.1) is 64.8 Å². The number of hydrogen-bond acceptors (Lipinski definition) is 18. The summed E-state index contributed by atoms with van der Waals surface area (Å²) in [6.07, 6.45) is 31.5. The number of benzene rings is 4. The van der Waals surface area contributed by atoms with Crippen LogP contribution in [0.5, 0.6) is 11.5 Å². The van der Waals surface area contributed by atoms with Crippen molar-refractivity contribution in [3.05, 3.63) is 177 Å². The van der Waals surface area contributed by atoms with Gasteiger partial charge in [-0.2, -0.15) is 21.6 Å². The second-order valence-electron chi connectivity index (χ2n) is 33.4. The number of carbonyl (C=O) groups excluding carboxylic acids is 5. The zero-order valence-electron chi connectivity index (χ0n) is 70.4. The van der Waals surface area contributed by atoms with Gasteiger partial charge >= 0.3 is 45.6 Å². The van der Waals surface area contributed by atoms with E-state index < -0.39 is 107 Å². The number of esters is 4. The van der Waals surface area contributed by atoms with Crippen LogP contribution in [0.25, 0.3) is 49.7 Å². The second kappa shape index (κ2) is 39.1. The number of phenolic OH excluding ortho intramolecular Hbond substituents is 1. The van der Waals surface area contributed by atoms with Crippen LogP contribution < -0.4 is 25.9 Å². The molecule has 6 aliphatic carbocycles. The molecule has 31 heteroatoms. The zero-order valence-corrected chi connectivity index (χ0v) is 71.2. The number of amides is 1. The molecule has 1 saturated heterocycles. The van der Waals surface area contributed by atoms with E-state index >= 15 is 0 Å². The number of allylic oxidation sites excluding steroid dienone is 1. The molecule has 4 aromatic heterocycles. The highest BCUT2D eigenvalue weighted by Gasteiger charge is 2.50. The number of aromatic nitrogens is 4. The highest BCUT2D eigenvalue weighted by Crippen LogP contribution is 2.45. The lowest BCUT2D eigenvalue weighted by atomic mass is 10.0. The Bertz CT molecular complexity index is 5910. The first-order chi connectivity index (χ1) is 58.3. The molecule has 15 rings (SSSR count). The predicted molar refractivity (Wildman–Crippen MR) is 449 cm³/mol. The Labute approximate surface area is 706 Å². The van der Waals surface area contributed by atoms with Crippen molar-refractivity contribution in [3.8, 4) is 35.7 Å². The zero-order chi connectivity index (χ0) is 89.4. The smallest absolute Gasteiger partial charge is 0.503 e. The highest BCUT2D eigenvalue weighted by atomic mass is 32.2. The van der Waals surface area contributed by atoms with E-state index in [-0.39, 0.29) is 107 Å². The van der Waals surface area contributed by atoms with Gasteiger partial charge in [-0.3, -0.25) is 19.2 Å². The van der Waals surface area contributed by atoms with Crippen LogP contribution in [-0.2, 0) is 33.8 Å². The minimum Gasteiger partial charge on any atom is -0.503 e. The molecule has 6 saturated carbocycles. The van der Waals surface area contributed by atoms with Gasteiger partial charge in [-0.15, -0.1) is 12.3 Å². The quantitative estimate of drug-likeness (QED) is 0.0196. The van der Waals surface area contributed by atoms with Crippen molar-refractivity contribution < 1.29 is 96.1 Å². The molecule has 123 heavy (non-hydrogen) atoms. The fraction of sp³-hybridized carbons (Fsp3) is 0.489. The van der Waals surface area contributed by atoms with Gasteiger partial charge in [0.15, 0.2) is 17.4 Å². The Hall–Kier alpha value is -11.2. The van der Waals surface area contributed by atoms with E-state index in [1.165, 1.54) is 92.7 Å². The molecule has 658 valence electrons. The Morgan fingerprint density at radius 1 is 0.512 bits per heavy atom. The van der Waals surface area contributed by atoms with E-state index in [9.17, 15) is 87.4 Å². The number of rotatable bonds is 19. The number of phenols is 1. The Kier molecular flexibility index (Phi) is 29.4. The Balaban J connectivity index is 0.000000152. The molecule has 7 aliphatic rings. The number of carbonyl (C=O) groups is 5. The van der Waals surface area contributed by atoms with E-state index in [4.69, 9.17) is 30.1 Å².